The van der Waals surface area contributed by atoms with Crippen LogP contribution in [-0.4, -0.2) is 31.5 Å². The highest BCUT2D eigenvalue weighted by Crippen LogP contribution is 2.27. The van der Waals surface area contributed by atoms with Gasteiger partial charge in [-0.25, -0.2) is 4.39 Å². The van der Waals surface area contributed by atoms with Crippen molar-refractivity contribution in [2.24, 2.45) is 5.41 Å². The van der Waals surface area contributed by atoms with Crippen LogP contribution in [0.4, 0.5) is 4.39 Å². The van der Waals surface area contributed by atoms with Crippen molar-refractivity contribution in [2.45, 2.75) is 13.0 Å². The molecule has 1 atom stereocenters. The van der Waals surface area contributed by atoms with Gasteiger partial charge in [-0.2, -0.15) is 5.26 Å². The number of nitrogens with one attached hydrogen (secondary N) is 1. The summed E-state index contributed by atoms with van der Waals surface area (Å²) in [4.78, 5) is 0. The molecule has 1 aromatic rings. The molecule has 2 rings (SSSR count). The molecular weight excluding hydrogens is 247 g/mol. The molecule has 1 heterocycles. The number of aliphatic hydroxyl groups is 1. The second kappa shape index (κ2) is 5.66. The highest BCUT2D eigenvalue weighted by atomic mass is 19.1. The Bertz CT molecular complexity index is 489. The Morgan fingerprint density at radius 2 is 2.32 bits per heavy atom. The van der Waals surface area contributed by atoms with E-state index in [4.69, 9.17) is 10.00 Å². The van der Waals surface area contributed by atoms with Crippen LogP contribution in [0.3, 0.4) is 0 Å². The van der Waals surface area contributed by atoms with Gasteiger partial charge in [0.1, 0.15) is 11.9 Å². The van der Waals surface area contributed by atoms with Crippen LogP contribution in [0.15, 0.2) is 18.2 Å². The first-order valence-electron chi connectivity index (χ1n) is 6.22. The zero-order valence-corrected chi connectivity index (χ0v) is 10.8. The van der Waals surface area contributed by atoms with E-state index in [1.807, 2.05) is 6.92 Å². The maximum Gasteiger partial charge on any atom is 0.141 e. The van der Waals surface area contributed by atoms with Crippen molar-refractivity contribution >= 4 is 0 Å². The number of aliphatic hydroxyl groups excluding tert-OH is 1. The van der Waals surface area contributed by atoms with E-state index in [-0.39, 0.29) is 23.6 Å². The fourth-order valence-electron chi connectivity index (χ4n) is 2.02. The molecule has 1 aliphatic heterocycles. The summed E-state index contributed by atoms with van der Waals surface area (Å²) in [5.74, 6) is -0.502. The summed E-state index contributed by atoms with van der Waals surface area (Å²) < 4.78 is 18.6. The first-order valence-corrected chi connectivity index (χ1v) is 6.22. The zero-order valence-electron chi connectivity index (χ0n) is 10.8. The largest absolute Gasteiger partial charge is 0.396 e. The number of hydrogen-bond donors (Lipinski definition) is 2. The van der Waals surface area contributed by atoms with Crippen molar-refractivity contribution in [2.75, 3.05) is 26.4 Å². The standard InChI is InChI=1S/C14H17FN2O2/c1-10(17-6-14(7-18)8-19-9-14)11-2-3-12(5-16)13(15)4-11/h2-4,10,17-18H,6-9H2,1H3. The second-order valence-electron chi connectivity index (χ2n) is 5.10. The molecule has 19 heavy (non-hydrogen) atoms. The minimum atomic E-state index is -0.502. The molecule has 4 nitrogen and oxygen atoms in total. The van der Waals surface area contributed by atoms with E-state index in [0.717, 1.165) is 5.56 Å². The maximum absolute atomic E-state index is 13.5. The molecule has 1 aliphatic rings. The molecule has 1 saturated heterocycles. The van der Waals surface area contributed by atoms with E-state index in [0.29, 0.717) is 19.8 Å². The highest BCUT2D eigenvalue weighted by molar-refractivity contribution is 5.34. The molecule has 1 fully saturated rings. The monoisotopic (exact) mass is 264 g/mol. The van der Waals surface area contributed by atoms with E-state index >= 15 is 0 Å². The van der Waals surface area contributed by atoms with Gasteiger partial charge in [-0.1, -0.05) is 6.07 Å². The SMILES string of the molecule is CC(NCC1(CO)COC1)c1ccc(C#N)c(F)c1. The van der Waals surface area contributed by atoms with Gasteiger partial charge in [-0.05, 0) is 24.6 Å². The average molecular weight is 264 g/mol. The number of hydrogen-bond acceptors (Lipinski definition) is 4. The van der Waals surface area contributed by atoms with E-state index < -0.39 is 5.82 Å². The molecule has 0 amide bonds. The predicted octanol–water partition coefficient (Wildman–Crippen LogP) is 1.36. The third kappa shape index (κ3) is 2.92. The summed E-state index contributed by atoms with van der Waals surface area (Å²) in [6.45, 7) is 3.71. The minimum absolute atomic E-state index is 0.0498. The zero-order chi connectivity index (χ0) is 13.9. The van der Waals surface area contributed by atoms with Crippen molar-refractivity contribution in [3.8, 4) is 6.07 Å². The van der Waals surface area contributed by atoms with Gasteiger partial charge in [0.15, 0.2) is 0 Å². The molecule has 102 valence electrons. The molecule has 0 saturated carbocycles. The van der Waals surface area contributed by atoms with Crippen molar-refractivity contribution < 1.29 is 14.2 Å². The minimum Gasteiger partial charge on any atom is -0.396 e. The first-order chi connectivity index (χ1) is 9.10. The van der Waals surface area contributed by atoms with Crippen LogP contribution >= 0.6 is 0 Å². The van der Waals surface area contributed by atoms with Crippen LogP contribution in [0, 0.1) is 22.6 Å². The Morgan fingerprint density at radius 1 is 1.58 bits per heavy atom. The van der Waals surface area contributed by atoms with Crippen LogP contribution in [0.25, 0.3) is 0 Å². The van der Waals surface area contributed by atoms with Gasteiger partial charge in [0.05, 0.1) is 30.8 Å². The molecule has 0 bridgehead atoms. The molecule has 0 aromatic heterocycles. The summed E-state index contributed by atoms with van der Waals surface area (Å²) in [7, 11) is 0. The van der Waals surface area contributed by atoms with Crippen LogP contribution in [0.2, 0.25) is 0 Å². The first kappa shape index (κ1) is 13.9. The van der Waals surface area contributed by atoms with E-state index in [9.17, 15) is 9.50 Å². The molecule has 5 heteroatoms. The number of halogens is 1. The Hall–Kier alpha value is -1.48. The fraction of sp³-hybridized carbons (Fsp3) is 0.500. The number of rotatable bonds is 5. The normalized spacial score (nSPS) is 18.4. The average Bonchev–Trinajstić information content (AvgIpc) is 2.37. The van der Waals surface area contributed by atoms with E-state index in [1.54, 1.807) is 12.1 Å². The molecule has 0 radical (unpaired) electrons. The summed E-state index contributed by atoms with van der Waals surface area (Å²) in [5, 5.41) is 21.3. The highest BCUT2D eigenvalue weighted by Gasteiger charge is 2.37. The van der Waals surface area contributed by atoms with Crippen molar-refractivity contribution in [3.05, 3.63) is 35.1 Å². The number of ether oxygens (including phenoxy) is 1. The fourth-order valence-corrected chi connectivity index (χ4v) is 2.02. The lowest BCUT2D eigenvalue weighted by atomic mass is 9.86. The predicted molar refractivity (Wildman–Crippen MR) is 67.9 cm³/mol. The second-order valence-corrected chi connectivity index (χ2v) is 5.10. The summed E-state index contributed by atoms with van der Waals surface area (Å²) >= 11 is 0. The summed E-state index contributed by atoms with van der Waals surface area (Å²) in [6.07, 6.45) is 0. The molecule has 1 unspecified atom stereocenters. The smallest absolute Gasteiger partial charge is 0.141 e. The van der Waals surface area contributed by atoms with Gasteiger partial charge < -0.3 is 15.2 Å². The molecule has 1 aromatic carbocycles. The lowest BCUT2D eigenvalue weighted by molar-refractivity contribution is -0.135. The topological polar surface area (TPSA) is 65.3 Å². The van der Waals surface area contributed by atoms with Gasteiger partial charge in [0.25, 0.3) is 0 Å². The molecule has 0 spiro atoms. The van der Waals surface area contributed by atoms with Crippen LogP contribution < -0.4 is 5.32 Å². The van der Waals surface area contributed by atoms with Crippen molar-refractivity contribution in [1.29, 1.82) is 5.26 Å². The molecule has 2 N–H and O–H groups in total. The van der Waals surface area contributed by atoms with Crippen molar-refractivity contribution in [1.82, 2.24) is 5.32 Å². The van der Waals surface area contributed by atoms with E-state index in [2.05, 4.69) is 5.32 Å². The lowest BCUT2D eigenvalue weighted by Gasteiger charge is -2.40. The molecule has 0 aliphatic carbocycles. The maximum atomic E-state index is 13.5. The van der Waals surface area contributed by atoms with Crippen LogP contribution in [-0.2, 0) is 4.74 Å². The Kier molecular flexibility index (Phi) is 4.15. The summed E-state index contributed by atoms with van der Waals surface area (Å²) in [5.41, 5.74) is 0.624. The third-order valence-corrected chi connectivity index (χ3v) is 3.55. The number of nitrogens with zero attached hydrogens (tertiary/aromatic N) is 1. The van der Waals surface area contributed by atoms with Gasteiger partial charge >= 0.3 is 0 Å². The van der Waals surface area contributed by atoms with Gasteiger partial charge in [0.2, 0.25) is 0 Å². The third-order valence-electron chi connectivity index (χ3n) is 3.55. The quantitative estimate of drug-likeness (QED) is 0.842. The van der Waals surface area contributed by atoms with Crippen LogP contribution in [0.1, 0.15) is 24.1 Å². The Morgan fingerprint density at radius 3 is 2.79 bits per heavy atom. The number of nitriles is 1. The Balaban J connectivity index is 1.98. The van der Waals surface area contributed by atoms with Crippen LogP contribution in [0.5, 0.6) is 0 Å². The van der Waals surface area contributed by atoms with Gasteiger partial charge in [0, 0.05) is 12.6 Å². The number of benzene rings is 1. The van der Waals surface area contributed by atoms with Gasteiger partial charge in [-0.3, -0.25) is 0 Å². The van der Waals surface area contributed by atoms with E-state index in [1.165, 1.54) is 12.1 Å². The summed E-state index contributed by atoms with van der Waals surface area (Å²) in [6, 6.07) is 6.35. The Labute approximate surface area is 111 Å². The molecular formula is C14H17FN2O2. The lowest BCUT2D eigenvalue weighted by Crippen LogP contribution is -2.52. The van der Waals surface area contributed by atoms with Crippen molar-refractivity contribution in [3.63, 3.8) is 0 Å². The van der Waals surface area contributed by atoms with Gasteiger partial charge in [-0.15, -0.1) is 0 Å².